The fraction of sp³-hybridized carbons (Fsp3) is 0.966. The van der Waals surface area contributed by atoms with Crippen molar-refractivity contribution < 1.29 is 27.6 Å². The van der Waals surface area contributed by atoms with Crippen molar-refractivity contribution >= 4 is 16.1 Å². The van der Waals surface area contributed by atoms with Crippen molar-refractivity contribution in [1.82, 2.24) is 0 Å². The van der Waals surface area contributed by atoms with Crippen LogP contribution in [0.15, 0.2) is 0 Å². The predicted octanol–water partition coefficient (Wildman–Crippen LogP) is 4.25. The van der Waals surface area contributed by atoms with Gasteiger partial charge in [-0.3, -0.25) is 4.79 Å². The molecule has 0 heterocycles. The molecule has 7 nitrogen and oxygen atoms in total. The molecular weight excluding hydrogens is 490 g/mol. The number of carbonyl (C=O) groups is 1. The molecule has 0 aliphatic heterocycles. The molecule has 0 aromatic rings. The summed E-state index contributed by atoms with van der Waals surface area (Å²) in [6.45, 7) is 8.95. The monoisotopic (exact) mass is 541 g/mol. The molecule has 0 unspecified atom stereocenters. The van der Waals surface area contributed by atoms with Crippen molar-refractivity contribution in [3.8, 4) is 0 Å². The number of hydrogen-bond acceptors (Lipinski definition) is 7. The minimum absolute atomic E-state index is 0.0652. The maximum absolute atomic E-state index is 12.2. The van der Waals surface area contributed by atoms with Crippen LogP contribution in [0.1, 0.15) is 98.3 Å². The lowest BCUT2D eigenvalue weighted by Gasteiger charge is -2.62. The molecule has 4 saturated carbocycles. The maximum Gasteiger partial charge on any atom is 0.324 e. The Morgan fingerprint density at radius 2 is 1.68 bits per heavy atom. The van der Waals surface area contributed by atoms with E-state index in [-0.39, 0.29) is 35.3 Å². The highest BCUT2D eigenvalue weighted by molar-refractivity contribution is 7.87. The number of fused-ring (bicyclic) bond motifs is 5. The Hall–Kier alpha value is -0.700. The van der Waals surface area contributed by atoms with Crippen LogP contribution in [0.3, 0.4) is 0 Å². The van der Waals surface area contributed by atoms with Gasteiger partial charge in [-0.05, 0) is 104 Å². The molecule has 8 heteroatoms. The molecule has 0 saturated heterocycles. The van der Waals surface area contributed by atoms with Gasteiger partial charge in [0.2, 0.25) is 0 Å². The number of carbonyl (C=O) groups excluding carboxylic acids is 1. The van der Waals surface area contributed by atoms with Crippen molar-refractivity contribution in [3.05, 3.63) is 0 Å². The molecule has 4 N–H and O–H groups in total. The van der Waals surface area contributed by atoms with E-state index in [1.807, 2.05) is 0 Å². The minimum Gasteiger partial charge on any atom is -0.393 e. The first-order valence-corrected chi connectivity index (χ1v) is 16.4. The van der Waals surface area contributed by atoms with Gasteiger partial charge in [-0.1, -0.05) is 40.5 Å². The molecule has 214 valence electrons. The van der Waals surface area contributed by atoms with Gasteiger partial charge in [0, 0.05) is 6.54 Å². The standard InChI is InChI=1S/C29H51NO6S/c1-18(6-5-7-19(2)27(33)36-37(34,35)15-14-30)22-8-9-23-26-24(11-13-29(22,23)4)28(3)12-10-21(31)16-20(28)17-25(26)32/h18-26,31-32H,5-17,30H2,1-4H3/t18-,19-,20+,21-,22-,23+,24+,25-,26+,28+,29-/m1/s1. The third kappa shape index (κ3) is 5.64. The van der Waals surface area contributed by atoms with Crippen molar-refractivity contribution in [3.63, 3.8) is 0 Å². The van der Waals surface area contributed by atoms with Gasteiger partial charge in [-0.15, -0.1) is 0 Å². The van der Waals surface area contributed by atoms with Crippen LogP contribution in [0.4, 0.5) is 0 Å². The molecule has 11 atom stereocenters. The summed E-state index contributed by atoms with van der Waals surface area (Å²) in [6, 6.07) is 0. The molecule has 0 aromatic carbocycles. The van der Waals surface area contributed by atoms with Crippen LogP contribution in [0, 0.1) is 52.3 Å². The van der Waals surface area contributed by atoms with Gasteiger partial charge in [-0.2, -0.15) is 8.42 Å². The van der Waals surface area contributed by atoms with E-state index < -0.39 is 22.0 Å². The second kappa shape index (κ2) is 11.1. The summed E-state index contributed by atoms with van der Waals surface area (Å²) in [6.07, 6.45) is 10.5. The fourth-order valence-corrected chi connectivity index (χ4v) is 10.4. The average Bonchev–Trinajstić information content (AvgIpc) is 3.17. The smallest absolute Gasteiger partial charge is 0.324 e. The van der Waals surface area contributed by atoms with Crippen LogP contribution in [-0.2, 0) is 19.1 Å². The number of hydrogen-bond donors (Lipinski definition) is 3. The van der Waals surface area contributed by atoms with Crippen LogP contribution in [0.2, 0.25) is 0 Å². The first-order chi connectivity index (χ1) is 17.3. The zero-order chi connectivity index (χ0) is 27.2. The van der Waals surface area contributed by atoms with Crippen LogP contribution in [0.25, 0.3) is 0 Å². The predicted molar refractivity (Wildman–Crippen MR) is 144 cm³/mol. The second-order valence-electron chi connectivity index (χ2n) is 13.7. The first kappa shape index (κ1) is 29.3. The zero-order valence-electron chi connectivity index (χ0n) is 23.4. The Balaban J connectivity index is 1.35. The molecule has 4 aliphatic rings. The van der Waals surface area contributed by atoms with Gasteiger partial charge in [0.1, 0.15) is 0 Å². The van der Waals surface area contributed by atoms with Crippen LogP contribution >= 0.6 is 0 Å². The quantitative estimate of drug-likeness (QED) is 0.372. The van der Waals surface area contributed by atoms with E-state index in [1.54, 1.807) is 6.92 Å². The molecular formula is C29H51NO6S. The normalized spacial score (nSPS) is 43.3. The topological polar surface area (TPSA) is 127 Å². The average molecular weight is 542 g/mol. The largest absolute Gasteiger partial charge is 0.393 e. The second-order valence-corrected chi connectivity index (χ2v) is 15.4. The van der Waals surface area contributed by atoms with Crippen molar-refractivity contribution in [2.24, 2.45) is 58.0 Å². The van der Waals surface area contributed by atoms with Crippen LogP contribution in [-0.4, -0.2) is 49.1 Å². The molecule has 37 heavy (non-hydrogen) atoms. The van der Waals surface area contributed by atoms with E-state index in [0.717, 1.165) is 38.5 Å². The lowest BCUT2D eigenvalue weighted by Crippen LogP contribution is -2.58. The molecule has 4 rings (SSSR count). The van der Waals surface area contributed by atoms with Gasteiger partial charge in [0.25, 0.3) is 0 Å². The van der Waals surface area contributed by atoms with Gasteiger partial charge >= 0.3 is 16.1 Å². The summed E-state index contributed by atoms with van der Waals surface area (Å²) in [5.74, 6) is 1.57. The molecule has 0 amide bonds. The number of aliphatic hydroxyl groups is 2. The first-order valence-electron chi connectivity index (χ1n) is 14.8. The maximum atomic E-state index is 12.2. The van der Waals surface area contributed by atoms with Gasteiger partial charge in [-0.25, -0.2) is 0 Å². The molecule has 4 aliphatic carbocycles. The van der Waals surface area contributed by atoms with E-state index in [1.165, 1.54) is 25.7 Å². The Morgan fingerprint density at radius 1 is 1.00 bits per heavy atom. The minimum atomic E-state index is -3.89. The van der Waals surface area contributed by atoms with E-state index in [4.69, 9.17) is 9.92 Å². The molecule has 0 bridgehead atoms. The highest BCUT2D eigenvalue weighted by Gasteiger charge is 2.62. The Morgan fingerprint density at radius 3 is 2.38 bits per heavy atom. The Kier molecular flexibility index (Phi) is 8.75. The van der Waals surface area contributed by atoms with Crippen LogP contribution < -0.4 is 5.73 Å². The van der Waals surface area contributed by atoms with Crippen molar-refractivity contribution in [1.29, 1.82) is 0 Å². The number of aliphatic hydroxyl groups excluding tert-OH is 2. The van der Waals surface area contributed by atoms with E-state index in [2.05, 4.69) is 20.8 Å². The van der Waals surface area contributed by atoms with Gasteiger partial charge < -0.3 is 20.1 Å². The lowest BCUT2D eigenvalue weighted by molar-refractivity contribution is -0.174. The van der Waals surface area contributed by atoms with Crippen molar-refractivity contribution in [2.75, 3.05) is 12.3 Å². The van der Waals surface area contributed by atoms with E-state index >= 15 is 0 Å². The van der Waals surface area contributed by atoms with Crippen LogP contribution in [0.5, 0.6) is 0 Å². The summed E-state index contributed by atoms with van der Waals surface area (Å²) >= 11 is 0. The molecule has 4 fully saturated rings. The zero-order valence-corrected chi connectivity index (χ0v) is 24.2. The van der Waals surface area contributed by atoms with Gasteiger partial charge in [0.15, 0.2) is 0 Å². The van der Waals surface area contributed by atoms with E-state index in [0.29, 0.717) is 41.9 Å². The molecule has 0 spiro atoms. The molecule has 0 aromatic heterocycles. The highest BCUT2D eigenvalue weighted by atomic mass is 32.2. The third-order valence-corrected chi connectivity index (χ3v) is 12.8. The van der Waals surface area contributed by atoms with Gasteiger partial charge in [0.05, 0.1) is 23.9 Å². The summed E-state index contributed by atoms with van der Waals surface area (Å²) in [5, 5.41) is 21.7. The fourth-order valence-electron chi connectivity index (χ4n) is 9.63. The van der Waals surface area contributed by atoms with E-state index in [9.17, 15) is 23.4 Å². The third-order valence-electron chi connectivity index (χ3n) is 11.7. The summed E-state index contributed by atoms with van der Waals surface area (Å²) in [5.41, 5.74) is 5.77. The van der Waals surface area contributed by atoms with Crippen molar-refractivity contribution in [2.45, 2.75) is 111 Å². The summed E-state index contributed by atoms with van der Waals surface area (Å²) in [4.78, 5) is 12.2. The Bertz CT molecular complexity index is 925. The lowest BCUT2D eigenvalue weighted by atomic mass is 9.43. The SMILES string of the molecule is C[C@H](CCC[C@@H](C)[C@H]1CC[C@H]2[C@@H]3[C@H](O)C[C@@H]4C[C@H](O)CC[C@]4(C)[C@H]3CC[C@]12C)C(=O)OS(=O)(=O)CCN. The molecule has 0 radical (unpaired) electrons. The number of nitrogens with two attached hydrogens (primary N) is 1. The highest BCUT2D eigenvalue weighted by Crippen LogP contribution is 2.68. The summed E-state index contributed by atoms with van der Waals surface area (Å²) < 4.78 is 28.2. The summed E-state index contributed by atoms with van der Waals surface area (Å²) in [7, 11) is -3.89. The Labute approximate surface area is 224 Å². The number of rotatable bonds is 9.